The van der Waals surface area contributed by atoms with Crippen LogP contribution in [0.5, 0.6) is 0 Å². The largest absolute Gasteiger partial charge is 0.396 e. The summed E-state index contributed by atoms with van der Waals surface area (Å²) in [5.74, 6) is 0.544. The Morgan fingerprint density at radius 3 is 2.25 bits per heavy atom. The van der Waals surface area contributed by atoms with Gasteiger partial charge < -0.3 is 14.6 Å². The van der Waals surface area contributed by atoms with E-state index < -0.39 is 0 Å². The maximum absolute atomic E-state index is 8.60. The Labute approximate surface area is 74.7 Å². The van der Waals surface area contributed by atoms with Crippen molar-refractivity contribution >= 4 is 0 Å². The average Bonchev–Trinajstić information content (AvgIpc) is 2.10. The Morgan fingerprint density at radius 2 is 1.83 bits per heavy atom. The van der Waals surface area contributed by atoms with Gasteiger partial charge in [0, 0.05) is 27.2 Å². The van der Waals surface area contributed by atoms with E-state index in [0.29, 0.717) is 5.92 Å². The Balaban J connectivity index is 3.44. The minimum absolute atomic E-state index is 0.0984. The summed E-state index contributed by atoms with van der Waals surface area (Å²) in [6.45, 7) is 2.41. The summed E-state index contributed by atoms with van der Waals surface area (Å²) in [5.41, 5.74) is 0. The Morgan fingerprint density at radius 1 is 1.25 bits per heavy atom. The average molecular weight is 176 g/mol. The molecule has 0 saturated carbocycles. The van der Waals surface area contributed by atoms with Crippen LogP contribution in [0, 0.1) is 5.92 Å². The predicted octanol–water partition coefficient (Wildman–Crippen LogP) is 1.40. The number of ether oxygens (including phenoxy) is 2. The summed E-state index contributed by atoms with van der Waals surface area (Å²) in [5, 5.41) is 8.60. The molecule has 1 atom stereocenters. The lowest BCUT2D eigenvalue weighted by Crippen LogP contribution is -2.16. The van der Waals surface area contributed by atoms with Crippen molar-refractivity contribution in [1.82, 2.24) is 0 Å². The topological polar surface area (TPSA) is 38.7 Å². The molecule has 0 fully saturated rings. The molecule has 0 aromatic rings. The zero-order chi connectivity index (χ0) is 9.40. The number of aliphatic hydroxyl groups is 1. The van der Waals surface area contributed by atoms with Crippen LogP contribution < -0.4 is 0 Å². The maximum atomic E-state index is 8.60. The molecule has 0 amide bonds. The first kappa shape index (κ1) is 11.9. The number of methoxy groups -OCH3 is 2. The van der Waals surface area contributed by atoms with Gasteiger partial charge >= 0.3 is 0 Å². The fourth-order valence-electron chi connectivity index (χ4n) is 1.17. The third-order valence-corrected chi connectivity index (χ3v) is 1.98. The molecule has 0 radical (unpaired) electrons. The molecule has 0 bridgehead atoms. The minimum atomic E-state index is -0.0984. The van der Waals surface area contributed by atoms with Crippen LogP contribution >= 0.6 is 0 Å². The van der Waals surface area contributed by atoms with Crippen LogP contribution in [0.2, 0.25) is 0 Å². The van der Waals surface area contributed by atoms with Gasteiger partial charge in [-0.25, -0.2) is 0 Å². The van der Waals surface area contributed by atoms with Crippen LogP contribution in [0.4, 0.5) is 0 Å². The van der Waals surface area contributed by atoms with Crippen molar-refractivity contribution in [2.75, 3.05) is 20.8 Å². The second-order valence-electron chi connectivity index (χ2n) is 3.11. The van der Waals surface area contributed by atoms with Crippen molar-refractivity contribution in [2.24, 2.45) is 5.92 Å². The van der Waals surface area contributed by atoms with E-state index in [2.05, 4.69) is 6.92 Å². The first-order valence-electron chi connectivity index (χ1n) is 4.41. The van der Waals surface area contributed by atoms with Crippen LogP contribution in [0.3, 0.4) is 0 Å². The van der Waals surface area contributed by atoms with Crippen LogP contribution in [-0.4, -0.2) is 32.2 Å². The highest BCUT2D eigenvalue weighted by Crippen LogP contribution is 2.14. The summed E-state index contributed by atoms with van der Waals surface area (Å²) < 4.78 is 10.1. The monoisotopic (exact) mass is 176 g/mol. The molecule has 0 aliphatic rings. The van der Waals surface area contributed by atoms with Crippen LogP contribution in [-0.2, 0) is 9.47 Å². The lowest BCUT2D eigenvalue weighted by Gasteiger charge is -2.17. The molecule has 74 valence electrons. The second-order valence-corrected chi connectivity index (χ2v) is 3.11. The van der Waals surface area contributed by atoms with E-state index in [4.69, 9.17) is 14.6 Å². The van der Waals surface area contributed by atoms with E-state index >= 15 is 0 Å². The van der Waals surface area contributed by atoms with Crippen molar-refractivity contribution in [3.63, 3.8) is 0 Å². The van der Waals surface area contributed by atoms with E-state index in [1.807, 2.05) is 0 Å². The van der Waals surface area contributed by atoms with Crippen molar-refractivity contribution in [1.29, 1.82) is 0 Å². The van der Waals surface area contributed by atoms with Crippen molar-refractivity contribution in [2.45, 2.75) is 32.5 Å². The maximum Gasteiger partial charge on any atom is 0.157 e. The van der Waals surface area contributed by atoms with Crippen molar-refractivity contribution < 1.29 is 14.6 Å². The van der Waals surface area contributed by atoms with Gasteiger partial charge in [0.05, 0.1) is 0 Å². The molecule has 3 nitrogen and oxygen atoms in total. The molecule has 1 N–H and O–H groups in total. The van der Waals surface area contributed by atoms with Gasteiger partial charge in [0.15, 0.2) is 6.29 Å². The molecule has 0 unspecified atom stereocenters. The SMILES string of the molecule is COC(C[C@@H](C)CCCO)OC. The highest BCUT2D eigenvalue weighted by Gasteiger charge is 2.10. The molecule has 0 aliphatic heterocycles. The van der Waals surface area contributed by atoms with Gasteiger partial charge in [-0.1, -0.05) is 6.92 Å². The van der Waals surface area contributed by atoms with Crippen molar-refractivity contribution in [3.8, 4) is 0 Å². The Bertz CT molecular complexity index is 91.8. The van der Waals surface area contributed by atoms with Crippen LogP contribution in [0.15, 0.2) is 0 Å². The van der Waals surface area contributed by atoms with E-state index in [9.17, 15) is 0 Å². The molecule has 0 aromatic carbocycles. The standard InChI is InChI=1S/C9H20O3/c1-8(5-4-6-10)7-9(11-2)12-3/h8-10H,4-7H2,1-3H3/t8-/m0/s1. The molecular weight excluding hydrogens is 156 g/mol. The predicted molar refractivity (Wildman–Crippen MR) is 47.9 cm³/mol. The smallest absolute Gasteiger partial charge is 0.157 e. The van der Waals surface area contributed by atoms with Gasteiger partial charge in [0.2, 0.25) is 0 Å². The summed E-state index contributed by atoms with van der Waals surface area (Å²) in [6, 6.07) is 0. The summed E-state index contributed by atoms with van der Waals surface area (Å²) in [7, 11) is 3.29. The van der Waals surface area contributed by atoms with E-state index in [0.717, 1.165) is 19.3 Å². The highest BCUT2D eigenvalue weighted by molar-refractivity contribution is 4.55. The van der Waals surface area contributed by atoms with Gasteiger partial charge in [-0.15, -0.1) is 0 Å². The van der Waals surface area contributed by atoms with Gasteiger partial charge in [-0.3, -0.25) is 0 Å². The Kier molecular flexibility index (Phi) is 7.45. The molecule has 3 heteroatoms. The van der Waals surface area contributed by atoms with E-state index in [1.54, 1.807) is 14.2 Å². The van der Waals surface area contributed by atoms with Gasteiger partial charge in [-0.05, 0) is 18.8 Å². The first-order valence-corrected chi connectivity index (χ1v) is 4.41. The highest BCUT2D eigenvalue weighted by atomic mass is 16.7. The first-order chi connectivity index (χ1) is 5.74. The van der Waals surface area contributed by atoms with Gasteiger partial charge in [0.1, 0.15) is 0 Å². The molecule has 0 aliphatic carbocycles. The van der Waals surface area contributed by atoms with E-state index in [1.165, 1.54) is 0 Å². The van der Waals surface area contributed by atoms with Gasteiger partial charge in [0.25, 0.3) is 0 Å². The number of rotatable bonds is 7. The van der Waals surface area contributed by atoms with Crippen molar-refractivity contribution in [3.05, 3.63) is 0 Å². The number of aliphatic hydroxyl groups excluding tert-OH is 1. The summed E-state index contributed by atoms with van der Waals surface area (Å²) in [4.78, 5) is 0. The fraction of sp³-hybridized carbons (Fsp3) is 1.00. The minimum Gasteiger partial charge on any atom is -0.396 e. The third kappa shape index (κ3) is 5.52. The van der Waals surface area contributed by atoms with E-state index in [-0.39, 0.29) is 12.9 Å². The molecular formula is C9H20O3. The zero-order valence-electron chi connectivity index (χ0n) is 8.25. The second kappa shape index (κ2) is 7.53. The summed E-state index contributed by atoms with van der Waals surface area (Å²) in [6.07, 6.45) is 2.69. The lowest BCUT2D eigenvalue weighted by atomic mass is 10.0. The zero-order valence-corrected chi connectivity index (χ0v) is 8.25. The molecule has 12 heavy (non-hydrogen) atoms. The molecule has 0 aromatic heterocycles. The Hall–Kier alpha value is -0.120. The molecule has 0 saturated heterocycles. The third-order valence-electron chi connectivity index (χ3n) is 1.98. The molecule has 0 spiro atoms. The van der Waals surface area contributed by atoms with Crippen LogP contribution in [0.1, 0.15) is 26.2 Å². The number of hydrogen-bond donors (Lipinski definition) is 1. The molecule has 0 heterocycles. The number of hydrogen-bond acceptors (Lipinski definition) is 3. The lowest BCUT2D eigenvalue weighted by molar-refractivity contribution is -0.113. The van der Waals surface area contributed by atoms with Crippen LogP contribution in [0.25, 0.3) is 0 Å². The molecule has 0 rings (SSSR count). The summed E-state index contributed by atoms with van der Waals surface area (Å²) >= 11 is 0. The quantitative estimate of drug-likeness (QED) is 0.596. The normalized spacial score (nSPS) is 13.8. The fourth-order valence-corrected chi connectivity index (χ4v) is 1.17. The van der Waals surface area contributed by atoms with Gasteiger partial charge in [-0.2, -0.15) is 0 Å².